The van der Waals surface area contributed by atoms with Crippen LogP contribution < -0.4 is 4.31 Å². The molecule has 0 aliphatic carbocycles. The summed E-state index contributed by atoms with van der Waals surface area (Å²) >= 11 is 0. The molecule has 0 fully saturated rings. The predicted octanol–water partition coefficient (Wildman–Crippen LogP) is 0.902. The van der Waals surface area contributed by atoms with Crippen LogP contribution in [0.25, 0.3) is 0 Å². The summed E-state index contributed by atoms with van der Waals surface area (Å²) in [4.78, 5) is 0. The Morgan fingerprint density at radius 1 is 1.26 bits per heavy atom. The number of rotatable bonds is 3. The zero-order chi connectivity index (χ0) is 14.3. The fourth-order valence-corrected chi connectivity index (χ4v) is 4.43. The Hall–Kier alpha value is -1.41. The van der Waals surface area contributed by atoms with Crippen molar-refractivity contribution in [2.75, 3.05) is 16.3 Å². The van der Waals surface area contributed by atoms with Crippen LogP contribution in [0.1, 0.15) is 0 Å². The number of halogens is 1. The Bertz CT molecular complexity index is 708. The Labute approximate surface area is 111 Å². The normalized spacial score (nSPS) is 21.5. The fourth-order valence-electron chi connectivity index (χ4n) is 1.92. The first-order valence-electron chi connectivity index (χ1n) is 5.35. The molecule has 5 nitrogen and oxygen atoms in total. The summed E-state index contributed by atoms with van der Waals surface area (Å²) in [5.41, 5.74) is 0.232. The van der Waals surface area contributed by atoms with Gasteiger partial charge in [0.2, 0.25) is 10.0 Å². The van der Waals surface area contributed by atoms with E-state index in [9.17, 15) is 21.2 Å². The third-order valence-electron chi connectivity index (χ3n) is 2.65. The van der Waals surface area contributed by atoms with E-state index in [1.165, 1.54) is 18.2 Å². The second kappa shape index (κ2) is 4.61. The fraction of sp³-hybridized carbons (Fsp3) is 0.273. The molecule has 104 valence electrons. The zero-order valence-electron chi connectivity index (χ0n) is 10.0. The Kier molecular flexibility index (Phi) is 3.40. The zero-order valence-corrected chi connectivity index (χ0v) is 11.7. The van der Waals surface area contributed by atoms with Gasteiger partial charge in [-0.25, -0.2) is 21.2 Å². The average Bonchev–Trinajstić information content (AvgIpc) is 2.60. The molecule has 1 aromatic rings. The second-order valence-corrected chi connectivity index (χ2v) is 8.05. The molecular weight excluding hydrogens is 293 g/mol. The summed E-state index contributed by atoms with van der Waals surface area (Å²) in [5, 5.41) is 0.999. The van der Waals surface area contributed by atoms with Crippen molar-refractivity contribution in [1.82, 2.24) is 0 Å². The van der Waals surface area contributed by atoms with Gasteiger partial charge in [0.05, 0.1) is 23.7 Å². The molecule has 0 radical (unpaired) electrons. The maximum Gasteiger partial charge on any atom is 0.232 e. The molecule has 1 heterocycles. The molecule has 2 rings (SSSR count). The van der Waals surface area contributed by atoms with E-state index in [0.29, 0.717) is 0 Å². The van der Waals surface area contributed by atoms with Gasteiger partial charge in [0.15, 0.2) is 9.84 Å². The molecule has 1 aliphatic rings. The molecule has 0 amide bonds. The van der Waals surface area contributed by atoms with E-state index in [1.54, 1.807) is 0 Å². The highest BCUT2D eigenvalue weighted by atomic mass is 32.2. The van der Waals surface area contributed by atoms with Crippen LogP contribution in [-0.4, -0.2) is 34.9 Å². The minimum Gasteiger partial charge on any atom is -0.263 e. The van der Waals surface area contributed by atoms with Crippen LogP contribution in [0.5, 0.6) is 0 Å². The topological polar surface area (TPSA) is 71.5 Å². The van der Waals surface area contributed by atoms with E-state index >= 15 is 0 Å². The van der Waals surface area contributed by atoms with Crippen molar-refractivity contribution in [2.24, 2.45) is 0 Å². The van der Waals surface area contributed by atoms with E-state index in [0.717, 1.165) is 28.1 Å². The van der Waals surface area contributed by atoms with Crippen molar-refractivity contribution < 1.29 is 21.2 Å². The second-order valence-electron chi connectivity index (χ2n) is 4.26. The van der Waals surface area contributed by atoms with E-state index in [2.05, 4.69) is 0 Å². The van der Waals surface area contributed by atoms with Crippen LogP contribution in [0, 0.1) is 5.82 Å². The van der Waals surface area contributed by atoms with Gasteiger partial charge in [-0.2, -0.15) is 0 Å². The summed E-state index contributed by atoms with van der Waals surface area (Å²) in [6.45, 7) is 0. The van der Waals surface area contributed by atoms with Gasteiger partial charge in [-0.3, -0.25) is 4.31 Å². The highest BCUT2D eigenvalue weighted by Crippen LogP contribution is 2.25. The molecule has 0 aromatic heterocycles. The third kappa shape index (κ3) is 3.13. The number of nitrogens with zero attached hydrogens (tertiary/aromatic N) is 1. The van der Waals surface area contributed by atoms with Crippen molar-refractivity contribution in [3.05, 3.63) is 41.6 Å². The van der Waals surface area contributed by atoms with Gasteiger partial charge in [-0.05, 0) is 30.3 Å². The van der Waals surface area contributed by atoms with Gasteiger partial charge in [-0.15, -0.1) is 0 Å². The maximum atomic E-state index is 12.9. The lowest BCUT2D eigenvalue weighted by molar-refractivity contribution is 0.591. The Morgan fingerprint density at radius 2 is 1.84 bits per heavy atom. The lowest BCUT2D eigenvalue weighted by atomic mass is 10.2. The molecule has 0 saturated heterocycles. The van der Waals surface area contributed by atoms with Crippen molar-refractivity contribution in [1.29, 1.82) is 0 Å². The first-order valence-corrected chi connectivity index (χ1v) is 8.91. The quantitative estimate of drug-likeness (QED) is 0.832. The van der Waals surface area contributed by atoms with Crippen molar-refractivity contribution in [2.45, 2.75) is 6.04 Å². The summed E-state index contributed by atoms with van der Waals surface area (Å²) in [5.74, 6) is -0.802. The van der Waals surface area contributed by atoms with Gasteiger partial charge in [0, 0.05) is 5.41 Å². The molecule has 8 heteroatoms. The Balaban J connectivity index is 2.45. The van der Waals surface area contributed by atoms with Crippen LogP contribution >= 0.6 is 0 Å². The molecular formula is C11H12FNO4S2. The molecule has 1 atom stereocenters. The summed E-state index contributed by atoms with van der Waals surface area (Å²) in [6.07, 6.45) is 2.30. The summed E-state index contributed by atoms with van der Waals surface area (Å²) in [6, 6.07) is 4.05. The lowest BCUT2D eigenvalue weighted by Gasteiger charge is -2.27. The van der Waals surface area contributed by atoms with Crippen molar-refractivity contribution >= 4 is 25.5 Å². The molecule has 19 heavy (non-hydrogen) atoms. The summed E-state index contributed by atoms with van der Waals surface area (Å²) in [7, 11) is -7.05. The third-order valence-corrected chi connectivity index (χ3v) is 5.22. The van der Waals surface area contributed by atoms with Gasteiger partial charge >= 0.3 is 0 Å². The average molecular weight is 305 g/mol. The lowest BCUT2D eigenvalue weighted by Crippen LogP contribution is -2.40. The summed E-state index contributed by atoms with van der Waals surface area (Å²) < 4.78 is 60.3. The molecule has 0 saturated carbocycles. The number of anilines is 1. The van der Waals surface area contributed by atoms with Crippen molar-refractivity contribution in [3.63, 3.8) is 0 Å². The number of hydrogen-bond acceptors (Lipinski definition) is 4. The van der Waals surface area contributed by atoms with Crippen LogP contribution in [0.2, 0.25) is 0 Å². The molecule has 1 aromatic carbocycles. The number of benzene rings is 1. The van der Waals surface area contributed by atoms with Crippen LogP contribution in [0.4, 0.5) is 10.1 Å². The van der Waals surface area contributed by atoms with Crippen molar-refractivity contribution in [3.8, 4) is 0 Å². The Morgan fingerprint density at radius 3 is 2.26 bits per heavy atom. The monoisotopic (exact) mass is 305 g/mol. The number of hydrogen-bond donors (Lipinski definition) is 0. The minimum absolute atomic E-state index is 0.232. The minimum atomic E-state index is -3.67. The molecule has 0 bridgehead atoms. The highest BCUT2D eigenvalue weighted by molar-refractivity contribution is 7.95. The molecule has 1 aliphatic heterocycles. The molecule has 0 spiro atoms. The molecule has 0 N–H and O–H groups in total. The van der Waals surface area contributed by atoms with E-state index in [1.807, 2.05) is 0 Å². The largest absolute Gasteiger partial charge is 0.263 e. The van der Waals surface area contributed by atoms with E-state index in [4.69, 9.17) is 0 Å². The first kappa shape index (κ1) is 14.0. The van der Waals surface area contributed by atoms with E-state index < -0.39 is 31.7 Å². The van der Waals surface area contributed by atoms with Crippen LogP contribution in [0.3, 0.4) is 0 Å². The van der Waals surface area contributed by atoms with Gasteiger partial charge in [0.25, 0.3) is 0 Å². The predicted molar refractivity (Wildman–Crippen MR) is 70.4 cm³/mol. The van der Waals surface area contributed by atoms with Gasteiger partial charge < -0.3 is 0 Å². The standard InChI is InChI=1S/C11H12FNO4S2/c1-18(14,15)13(10-4-2-9(12)3-5-10)11-6-7-19(16,17)8-11/h2-7,11H,8H2,1H3. The van der Waals surface area contributed by atoms with E-state index in [-0.39, 0.29) is 11.4 Å². The molecule has 1 unspecified atom stereocenters. The van der Waals surface area contributed by atoms with Crippen LogP contribution in [-0.2, 0) is 19.9 Å². The number of sulfonamides is 1. The van der Waals surface area contributed by atoms with Crippen LogP contribution in [0.15, 0.2) is 35.7 Å². The van der Waals surface area contributed by atoms with Gasteiger partial charge in [-0.1, -0.05) is 0 Å². The number of sulfone groups is 1. The first-order chi connectivity index (χ1) is 8.69. The van der Waals surface area contributed by atoms with Gasteiger partial charge in [0.1, 0.15) is 5.82 Å². The maximum absolute atomic E-state index is 12.9. The SMILES string of the molecule is CS(=O)(=O)N(c1ccc(F)cc1)C1C=CS(=O)(=O)C1. The smallest absolute Gasteiger partial charge is 0.232 e. The highest BCUT2D eigenvalue weighted by Gasteiger charge is 2.32.